The van der Waals surface area contributed by atoms with E-state index in [0.717, 1.165) is 5.56 Å². The predicted molar refractivity (Wildman–Crippen MR) is 138 cm³/mol. The van der Waals surface area contributed by atoms with E-state index in [1.54, 1.807) is 42.5 Å². The molecule has 3 aromatic carbocycles. The first-order valence-electron chi connectivity index (χ1n) is 10.4. The molecule has 0 saturated carbocycles. The number of benzene rings is 3. The van der Waals surface area contributed by atoms with Gasteiger partial charge in [-0.25, -0.2) is 8.42 Å². The van der Waals surface area contributed by atoms with Crippen LogP contribution in [0.3, 0.4) is 0 Å². The van der Waals surface area contributed by atoms with Gasteiger partial charge in [0.25, 0.3) is 10.0 Å². The third kappa shape index (κ3) is 6.08. The lowest BCUT2D eigenvalue weighted by atomic mass is 10.2. The Morgan fingerprint density at radius 1 is 1.11 bits per heavy atom. The summed E-state index contributed by atoms with van der Waals surface area (Å²) in [5.74, 6) is 1.35. The highest BCUT2D eigenvalue weighted by atomic mass is 79.9. The maximum atomic E-state index is 12.9. The molecule has 1 heterocycles. The van der Waals surface area contributed by atoms with Crippen molar-refractivity contribution in [1.82, 2.24) is 0 Å². The number of amides is 1. The van der Waals surface area contributed by atoms with Gasteiger partial charge in [-0.05, 0) is 83.0 Å². The third-order valence-electron chi connectivity index (χ3n) is 4.81. The molecule has 1 aliphatic rings. The van der Waals surface area contributed by atoms with E-state index in [0.29, 0.717) is 34.0 Å². The second-order valence-electron chi connectivity index (χ2n) is 7.26. The maximum absolute atomic E-state index is 12.9. The van der Waals surface area contributed by atoms with E-state index in [9.17, 15) is 13.2 Å². The first kappa shape index (κ1) is 24.9. The highest BCUT2D eigenvalue weighted by Gasteiger charge is 2.18. The molecular formula is C24H20BrClN2O6S. The molecule has 0 fully saturated rings. The molecule has 182 valence electrons. The van der Waals surface area contributed by atoms with Crippen LogP contribution in [-0.4, -0.2) is 27.7 Å². The number of sulfonamides is 1. The van der Waals surface area contributed by atoms with Crippen molar-refractivity contribution in [3.8, 4) is 17.2 Å². The molecule has 0 atom stereocenters. The molecule has 2 N–H and O–H groups in total. The lowest BCUT2D eigenvalue weighted by Gasteiger charge is -2.12. The topological polar surface area (TPSA) is 103 Å². The normalized spacial score (nSPS) is 12.5. The molecule has 4 rings (SSSR count). The first-order valence-corrected chi connectivity index (χ1v) is 13.0. The van der Waals surface area contributed by atoms with E-state index in [1.807, 2.05) is 6.92 Å². The van der Waals surface area contributed by atoms with Gasteiger partial charge in [-0.1, -0.05) is 17.7 Å². The van der Waals surface area contributed by atoms with Crippen molar-refractivity contribution in [1.29, 1.82) is 0 Å². The van der Waals surface area contributed by atoms with Crippen molar-refractivity contribution in [3.05, 3.63) is 75.7 Å². The fraction of sp³-hybridized carbons (Fsp3) is 0.125. The van der Waals surface area contributed by atoms with Crippen LogP contribution in [0.15, 0.2) is 70.0 Å². The number of anilines is 2. The van der Waals surface area contributed by atoms with Gasteiger partial charge in [-0.15, -0.1) is 0 Å². The predicted octanol–water partition coefficient (Wildman–Crippen LogP) is 5.68. The minimum atomic E-state index is -3.96. The number of hydrogen-bond acceptors (Lipinski definition) is 6. The van der Waals surface area contributed by atoms with Crippen molar-refractivity contribution in [3.63, 3.8) is 0 Å². The summed E-state index contributed by atoms with van der Waals surface area (Å²) in [6.45, 7) is 2.49. The Hall–Kier alpha value is -3.21. The highest BCUT2D eigenvalue weighted by Crippen LogP contribution is 2.33. The minimum absolute atomic E-state index is 0.0676. The summed E-state index contributed by atoms with van der Waals surface area (Å²) in [6, 6.07) is 14.2. The summed E-state index contributed by atoms with van der Waals surface area (Å²) in [5.41, 5.74) is 1.23. The molecule has 0 bridgehead atoms. The summed E-state index contributed by atoms with van der Waals surface area (Å²) >= 11 is 9.56. The number of hydrogen-bond donors (Lipinski definition) is 2. The number of rotatable bonds is 8. The zero-order valence-corrected chi connectivity index (χ0v) is 21.5. The van der Waals surface area contributed by atoms with E-state index in [2.05, 4.69) is 26.0 Å². The largest absolute Gasteiger partial charge is 0.493 e. The average Bonchev–Trinajstić information content (AvgIpc) is 3.29. The van der Waals surface area contributed by atoms with Crippen LogP contribution in [0.25, 0.3) is 6.08 Å². The first-order chi connectivity index (χ1) is 16.7. The number of carbonyl (C=O) groups excluding carboxylic acids is 1. The Kier molecular flexibility index (Phi) is 7.54. The zero-order valence-electron chi connectivity index (χ0n) is 18.4. The molecule has 1 amide bonds. The smallest absolute Gasteiger partial charge is 0.261 e. The number of ether oxygens (including phenoxy) is 3. The molecule has 0 aliphatic carbocycles. The molecule has 8 nitrogen and oxygen atoms in total. The molecular weight excluding hydrogens is 560 g/mol. The van der Waals surface area contributed by atoms with Gasteiger partial charge in [-0.3, -0.25) is 9.52 Å². The van der Waals surface area contributed by atoms with Gasteiger partial charge in [0.15, 0.2) is 11.5 Å². The average molecular weight is 580 g/mol. The number of carbonyl (C=O) groups is 1. The second-order valence-corrected chi connectivity index (χ2v) is 10.2. The van der Waals surface area contributed by atoms with Crippen molar-refractivity contribution in [2.24, 2.45) is 0 Å². The van der Waals surface area contributed by atoms with Crippen LogP contribution < -0.4 is 24.2 Å². The molecule has 0 aromatic heterocycles. The van der Waals surface area contributed by atoms with Crippen molar-refractivity contribution >= 4 is 60.9 Å². The number of fused-ring (bicyclic) bond motifs is 1. The van der Waals surface area contributed by atoms with Gasteiger partial charge in [0.05, 0.1) is 32.4 Å². The molecule has 3 aromatic rings. The lowest BCUT2D eigenvalue weighted by molar-refractivity contribution is -0.111. The number of halogens is 2. The summed E-state index contributed by atoms with van der Waals surface area (Å²) in [6.07, 6.45) is 2.90. The van der Waals surface area contributed by atoms with Crippen LogP contribution in [0.4, 0.5) is 11.4 Å². The van der Waals surface area contributed by atoms with Crippen LogP contribution in [0.2, 0.25) is 5.02 Å². The molecule has 11 heteroatoms. The van der Waals surface area contributed by atoms with Crippen LogP contribution in [0.5, 0.6) is 17.2 Å². The summed E-state index contributed by atoms with van der Waals surface area (Å²) in [4.78, 5) is 12.4. The van der Waals surface area contributed by atoms with E-state index in [4.69, 9.17) is 25.8 Å². The lowest BCUT2D eigenvalue weighted by Crippen LogP contribution is -2.14. The highest BCUT2D eigenvalue weighted by molar-refractivity contribution is 9.10. The Morgan fingerprint density at radius 3 is 2.69 bits per heavy atom. The second kappa shape index (κ2) is 10.6. The van der Waals surface area contributed by atoms with Gasteiger partial charge in [0, 0.05) is 6.08 Å². The van der Waals surface area contributed by atoms with Crippen molar-refractivity contribution < 1.29 is 27.4 Å². The molecule has 0 unspecified atom stereocenters. The van der Waals surface area contributed by atoms with Gasteiger partial charge < -0.3 is 19.5 Å². The standard InChI is InChI=1S/C24H20BrClN2O6S/c1-2-32-21-9-5-16(12-18(21)25)28-35(30,31)17-6-7-19(26)20(13-17)27-24(29)10-4-15-3-8-22-23(11-15)34-14-33-22/h3-13,28H,2,14H2,1H3,(H,27,29)/b10-4+. The summed E-state index contributed by atoms with van der Waals surface area (Å²) in [7, 11) is -3.96. The van der Waals surface area contributed by atoms with E-state index in [1.165, 1.54) is 24.3 Å². The van der Waals surface area contributed by atoms with Crippen LogP contribution in [0, 0.1) is 0 Å². The van der Waals surface area contributed by atoms with E-state index >= 15 is 0 Å². The quantitative estimate of drug-likeness (QED) is 0.333. The Labute approximate surface area is 216 Å². The Balaban J connectivity index is 1.47. The fourth-order valence-corrected chi connectivity index (χ4v) is 4.91. The Morgan fingerprint density at radius 2 is 1.91 bits per heavy atom. The fourth-order valence-electron chi connectivity index (χ4n) is 3.18. The van der Waals surface area contributed by atoms with Gasteiger partial charge in [0.1, 0.15) is 5.75 Å². The van der Waals surface area contributed by atoms with E-state index < -0.39 is 15.9 Å². The van der Waals surface area contributed by atoms with Gasteiger partial charge >= 0.3 is 0 Å². The molecule has 0 radical (unpaired) electrons. The van der Waals surface area contributed by atoms with Crippen molar-refractivity contribution in [2.45, 2.75) is 11.8 Å². The molecule has 0 spiro atoms. The van der Waals surface area contributed by atoms with Crippen molar-refractivity contribution in [2.75, 3.05) is 23.4 Å². The van der Waals surface area contributed by atoms with Crippen LogP contribution in [0.1, 0.15) is 12.5 Å². The molecule has 1 aliphatic heterocycles. The third-order valence-corrected chi connectivity index (χ3v) is 7.14. The SMILES string of the molecule is CCOc1ccc(NS(=O)(=O)c2ccc(Cl)c(NC(=O)/C=C/c3ccc4c(c3)OCO4)c2)cc1Br. The van der Waals surface area contributed by atoms with Gasteiger partial charge in [0.2, 0.25) is 12.7 Å². The van der Waals surface area contributed by atoms with Crippen LogP contribution in [-0.2, 0) is 14.8 Å². The Bertz CT molecular complexity index is 1410. The van der Waals surface area contributed by atoms with Gasteiger partial charge in [-0.2, -0.15) is 0 Å². The maximum Gasteiger partial charge on any atom is 0.261 e. The summed E-state index contributed by atoms with van der Waals surface area (Å²) in [5, 5.41) is 2.80. The van der Waals surface area contributed by atoms with E-state index in [-0.39, 0.29) is 22.4 Å². The zero-order chi connectivity index (χ0) is 25.0. The molecule has 0 saturated heterocycles. The number of nitrogens with one attached hydrogen (secondary N) is 2. The minimum Gasteiger partial charge on any atom is -0.493 e. The monoisotopic (exact) mass is 578 g/mol. The van der Waals surface area contributed by atoms with Crippen LogP contribution >= 0.6 is 27.5 Å². The molecule has 35 heavy (non-hydrogen) atoms. The summed E-state index contributed by atoms with van der Waals surface area (Å²) < 4.78 is 45.0.